The van der Waals surface area contributed by atoms with Gasteiger partial charge in [0.25, 0.3) is 0 Å². The number of nitrogens with one attached hydrogen (secondary N) is 1. The fraction of sp³-hybridized carbons (Fsp3) is 0.158. The van der Waals surface area contributed by atoms with Crippen molar-refractivity contribution in [1.29, 1.82) is 0 Å². The minimum Gasteiger partial charge on any atom is -0.504 e. The third-order valence-electron chi connectivity index (χ3n) is 4.23. The van der Waals surface area contributed by atoms with Gasteiger partial charge >= 0.3 is 11.9 Å². The van der Waals surface area contributed by atoms with Crippen LogP contribution in [0.2, 0.25) is 0 Å². The highest BCUT2D eigenvalue weighted by atomic mass is 19.4. The van der Waals surface area contributed by atoms with Crippen molar-refractivity contribution in [2.75, 3.05) is 19.5 Å². The third kappa shape index (κ3) is 3.56. The zero-order chi connectivity index (χ0) is 21.3. The van der Waals surface area contributed by atoms with Crippen LogP contribution in [0.3, 0.4) is 0 Å². The van der Waals surface area contributed by atoms with E-state index in [4.69, 9.17) is 9.15 Å². The van der Waals surface area contributed by atoms with E-state index in [1.54, 1.807) is 0 Å². The van der Waals surface area contributed by atoms with Crippen LogP contribution < -0.4 is 10.1 Å². The van der Waals surface area contributed by atoms with Crippen molar-refractivity contribution in [3.8, 4) is 33.9 Å². The quantitative estimate of drug-likeness (QED) is 0.439. The predicted octanol–water partition coefficient (Wildman–Crippen LogP) is 5.30. The number of nitro groups is 1. The van der Waals surface area contributed by atoms with Crippen LogP contribution in [-0.2, 0) is 6.18 Å². The smallest absolute Gasteiger partial charge is 0.416 e. The maximum atomic E-state index is 13.1. The largest absolute Gasteiger partial charge is 0.504 e. The summed E-state index contributed by atoms with van der Waals surface area (Å²) < 4.78 is 49.8. The average molecular weight is 408 g/mol. The molecule has 1 aromatic heterocycles. The van der Waals surface area contributed by atoms with E-state index < -0.39 is 28.1 Å². The fourth-order valence-electron chi connectivity index (χ4n) is 2.96. The summed E-state index contributed by atoms with van der Waals surface area (Å²) in [5, 5.41) is 24.9. The Bertz CT molecular complexity index is 1080. The van der Waals surface area contributed by atoms with Crippen LogP contribution in [0.1, 0.15) is 5.56 Å². The van der Waals surface area contributed by atoms with Crippen molar-refractivity contribution in [2.24, 2.45) is 0 Å². The number of nitro benzene ring substituents is 1. The van der Waals surface area contributed by atoms with Crippen molar-refractivity contribution >= 4 is 11.6 Å². The first-order chi connectivity index (χ1) is 13.7. The van der Waals surface area contributed by atoms with Gasteiger partial charge in [-0.2, -0.15) is 13.2 Å². The Labute approximate surface area is 162 Å². The van der Waals surface area contributed by atoms with E-state index in [-0.39, 0.29) is 34.1 Å². The van der Waals surface area contributed by atoms with Crippen molar-refractivity contribution in [2.45, 2.75) is 6.18 Å². The number of halogens is 3. The van der Waals surface area contributed by atoms with E-state index >= 15 is 0 Å². The van der Waals surface area contributed by atoms with Gasteiger partial charge in [0.1, 0.15) is 5.56 Å². The molecule has 0 unspecified atom stereocenters. The van der Waals surface area contributed by atoms with Gasteiger partial charge in [0, 0.05) is 7.05 Å². The van der Waals surface area contributed by atoms with Crippen LogP contribution >= 0.6 is 0 Å². The number of methoxy groups -OCH3 is 1. The summed E-state index contributed by atoms with van der Waals surface area (Å²) in [5.41, 5.74) is -1.46. The van der Waals surface area contributed by atoms with Crippen LogP contribution in [0, 0.1) is 10.1 Å². The Morgan fingerprint density at radius 1 is 1.21 bits per heavy atom. The number of rotatable bonds is 5. The van der Waals surface area contributed by atoms with Crippen LogP contribution in [0.5, 0.6) is 11.5 Å². The highest BCUT2D eigenvalue weighted by Gasteiger charge is 2.33. The van der Waals surface area contributed by atoms with Gasteiger partial charge < -0.3 is 19.6 Å². The van der Waals surface area contributed by atoms with Crippen molar-refractivity contribution in [1.82, 2.24) is 0 Å². The zero-order valence-electron chi connectivity index (χ0n) is 15.2. The van der Waals surface area contributed by atoms with Crippen LogP contribution in [0.15, 0.2) is 46.9 Å². The second-order valence-corrected chi connectivity index (χ2v) is 5.93. The third-order valence-corrected chi connectivity index (χ3v) is 4.23. The molecule has 0 radical (unpaired) electrons. The molecule has 2 aromatic carbocycles. The van der Waals surface area contributed by atoms with Gasteiger partial charge in [0.05, 0.1) is 23.2 Å². The molecule has 2 N–H and O–H groups in total. The topological polar surface area (TPSA) is 97.8 Å². The minimum absolute atomic E-state index is 0.0298. The lowest BCUT2D eigenvalue weighted by atomic mass is 10.0. The molecular formula is C19H15F3N2O5. The Hall–Kier alpha value is -3.69. The lowest BCUT2D eigenvalue weighted by Crippen LogP contribution is -2.04. The maximum absolute atomic E-state index is 13.1. The highest BCUT2D eigenvalue weighted by Crippen LogP contribution is 2.50. The summed E-state index contributed by atoms with van der Waals surface area (Å²) in [4.78, 5) is 10.8. The number of ether oxygens (including phenoxy) is 1. The number of anilines is 1. The van der Waals surface area contributed by atoms with Gasteiger partial charge in [-0.05, 0) is 29.8 Å². The second-order valence-electron chi connectivity index (χ2n) is 5.93. The number of para-hydroxylation sites is 1. The maximum Gasteiger partial charge on any atom is 0.416 e. The number of aromatic hydroxyl groups is 1. The number of hydrogen-bond acceptors (Lipinski definition) is 6. The molecule has 3 aromatic rings. The molecule has 7 nitrogen and oxygen atoms in total. The SMILES string of the molecule is CNc1oc(-c2cccc(OC)c2[N+](=O)[O-])c(O)c1-c1cccc(C(F)(F)F)c1. The van der Waals surface area contributed by atoms with E-state index in [1.807, 2.05) is 0 Å². The molecule has 10 heteroatoms. The molecular weight excluding hydrogens is 393 g/mol. The zero-order valence-corrected chi connectivity index (χ0v) is 15.2. The van der Waals surface area contributed by atoms with Gasteiger partial charge in [0.2, 0.25) is 5.88 Å². The molecule has 0 aliphatic rings. The number of alkyl halides is 3. The molecule has 29 heavy (non-hydrogen) atoms. The molecule has 0 bridgehead atoms. The van der Waals surface area contributed by atoms with E-state index in [2.05, 4.69) is 5.32 Å². The van der Waals surface area contributed by atoms with Gasteiger partial charge in [-0.25, -0.2) is 0 Å². The molecule has 0 saturated heterocycles. The van der Waals surface area contributed by atoms with E-state index in [9.17, 15) is 28.4 Å². The number of furan rings is 1. The van der Waals surface area contributed by atoms with Crippen molar-refractivity contribution < 1.29 is 32.4 Å². The molecule has 3 rings (SSSR count). The first kappa shape index (κ1) is 20.1. The Morgan fingerprint density at radius 2 is 1.90 bits per heavy atom. The van der Waals surface area contributed by atoms with Gasteiger partial charge in [0.15, 0.2) is 17.3 Å². The Balaban J connectivity index is 2.26. The van der Waals surface area contributed by atoms with Gasteiger partial charge in [-0.1, -0.05) is 18.2 Å². The standard InChI is InChI=1S/C19H15F3N2O5/c1-23-18-14(10-5-3-6-11(9-10)19(20,21)22)16(25)17(29-18)12-7-4-8-13(28-2)15(12)24(26)27/h3-9,23,25H,1-2H3. The second kappa shape index (κ2) is 7.38. The number of hydrogen-bond donors (Lipinski definition) is 2. The molecule has 0 amide bonds. The molecule has 0 atom stereocenters. The van der Waals surface area contributed by atoms with Crippen LogP contribution in [-0.4, -0.2) is 24.2 Å². The summed E-state index contributed by atoms with van der Waals surface area (Å²) in [6.07, 6.45) is -4.58. The first-order valence-electron chi connectivity index (χ1n) is 8.22. The van der Waals surface area contributed by atoms with E-state index in [0.717, 1.165) is 12.1 Å². The molecule has 0 saturated carbocycles. The highest BCUT2D eigenvalue weighted by molar-refractivity contribution is 5.90. The normalized spacial score (nSPS) is 11.3. The molecule has 0 fully saturated rings. The van der Waals surface area contributed by atoms with Crippen molar-refractivity contribution in [3.63, 3.8) is 0 Å². The summed E-state index contributed by atoms with van der Waals surface area (Å²) in [7, 11) is 2.69. The van der Waals surface area contributed by atoms with Gasteiger partial charge in [-0.15, -0.1) is 0 Å². The minimum atomic E-state index is -4.58. The molecule has 0 spiro atoms. The van der Waals surface area contributed by atoms with Gasteiger partial charge in [-0.3, -0.25) is 10.1 Å². The molecule has 0 aliphatic carbocycles. The first-order valence-corrected chi connectivity index (χ1v) is 8.22. The molecule has 1 heterocycles. The van der Waals surface area contributed by atoms with E-state index in [0.29, 0.717) is 0 Å². The monoisotopic (exact) mass is 408 g/mol. The van der Waals surface area contributed by atoms with Crippen LogP contribution in [0.25, 0.3) is 22.5 Å². The Kier molecular flexibility index (Phi) is 5.10. The fourth-order valence-corrected chi connectivity index (χ4v) is 2.96. The molecule has 152 valence electrons. The lowest BCUT2D eigenvalue weighted by molar-refractivity contribution is -0.385. The summed E-state index contributed by atoms with van der Waals surface area (Å²) in [6.45, 7) is 0. The Morgan fingerprint density at radius 3 is 2.48 bits per heavy atom. The number of nitrogens with zero attached hydrogens (tertiary/aromatic N) is 1. The van der Waals surface area contributed by atoms with Crippen molar-refractivity contribution in [3.05, 3.63) is 58.1 Å². The molecule has 0 aliphatic heterocycles. The summed E-state index contributed by atoms with van der Waals surface area (Å²) in [6, 6.07) is 8.49. The number of benzene rings is 2. The average Bonchev–Trinajstić information content (AvgIpc) is 3.02. The summed E-state index contributed by atoms with van der Waals surface area (Å²) in [5.74, 6) is -0.916. The summed E-state index contributed by atoms with van der Waals surface area (Å²) >= 11 is 0. The van der Waals surface area contributed by atoms with E-state index in [1.165, 1.54) is 44.5 Å². The lowest BCUT2D eigenvalue weighted by Gasteiger charge is -2.09. The predicted molar refractivity (Wildman–Crippen MR) is 99.0 cm³/mol. The van der Waals surface area contributed by atoms with Crippen LogP contribution in [0.4, 0.5) is 24.7 Å².